The average molecular weight is 309 g/mol. The molecule has 1 N–H and O–H groups in total. The molecule has 2 aromatic carbocycles. The van der Waals surface area contributed by atoms with Crippen molar-refractivity contribution in [3.05, 3.63) is 59.7 Å². The molecule has 0 aliphatic carbocycles. The number of anilines is 1. The van der Waals surface area contributed by atoms with Gasteiger partial charge in [-0.2, -0.15) is 0 Å². The van der Waals surface area contributed by atoms with E-state index in [1.807, 2.05) is 67.3 Å². The first-order valence-electron chi connectivity index (χ1n) is 7.85. The predicted octanol–water partition coefficient (Wildman–Crippen LogP) is 2.81. The second kappa shape index (κ2) is 4.83. The lowest BCUT2D eigenvalue weighted by Crippen LogP contribution is -2.43. The van der Waals surface area contributed by atoms with E-state index in [1.54, 1.807) is 0 Å². The fourth-order valence-electron chi connectivity index (χ4n) is 3.72. The van der Waals surface area contributed by atoms with Crippen molar-refractivity contribution in [1.82, 2.24) is 0 Å². The molecule has 4 heteroatoms. The van der Waals surface area contributed by atoms with E-state index in [4.69, 9.17) is 4.74 Å². The molecule has 0 saturated carbocycles. The molecule has 0 radical (unpaired) electrons. The summed E-state index contributed by atoms with van der Waals surface area (Å²) in [6.45, 7) is 3.76. The first-order valence-corrected chi connectivity index (χ1v) is 7.85. The van der Waals surface area contributed by atoms with E-state index in [-0.39, 0.29) is 18.6 Å². The molecule has 118 valence electrons. The van der Waals surface area contributed by atoms with Gasteiger partial charge >= 0.3 is 0 Å². The average Bonchev–Trinajstić information content (AvgIpc) is 3.02. The lowest BCUT2D eigenvalue weighted by atomic mass is 9.86. The van der Waals surface area contributed by atoms with Gasteiger partial charge in [-0.05, 0) is 31.5 Å². The van der Waals surface area contributed by atoms with Crippen LogP contribution in [0.25, 0.3) is 0 Å². The van der Waals surface area contributed by atoms with Crippen LogP contribution in [0, 0.1) is 0 Å². The third kappa shape index (κ3) is 1.85. The number of aliphatic hydroxyl groups is 1. The van der Waals surface area contributed by atoms with Crippen LogP contribution in [0.5, 0.6) is 5.75 Å². The molecule has 4 nitrogen and oxygen atoms in total. The topological polar surface area (TPSA) is 49.8 Å². The molecule has 0 bridgehead atoms. The van der Waals surface area contributed by atoms with Gasteiger partial charge in [-0.25, -0.2) is 0 Å². The summed E-state index contributed by atoms with van der Waals surface area (Å²) < 4.78 is 5.87. The van der Waals surface area contributed by atoms with Crippen molar-refractivity contribution < 1.29 is 14.6 Å². The highest BCUT2D eigenvalue weighted by atomic mass is 16.5. The number of ether oxygens (including phenoxy) is 1. The smallest absolute Gasteiger partial charge is 0.237 e. The molecule has 2 atom stereocenters. The molecule has 0 saturated heterocycles. The van der Waals surface area contributed by atoms with Crippen molar-refractivity contribution >= 4 is 11.6 Å². The van der Waals surface area contributed by atoms with Crippen LogP contribution < -0.4 is 9.64 Å². The van der Waals surface area contributed by atoms with E-state index in [0.29, 0.717) is 0 Å². The van der Waals surface area contributed by atoms with E-state index in [0.717, 1.165) is 22.6 Å². The summed E-state index contributed by atoms with van der Waals surface area (Å²) in [6.07, 6.45) is -0.446. The van der Waals surface area contributed by atoms with E-state index < -0.39 is 11.5 Å². The Morgan fingerprint density at radius 2 is 1.83 bits per heavy atom. The number of fused-ring (bicyclic) bond motifs is 2. The number of hydrogen-bond acceptors (Lipinski definition) is 3. The Morgan fingerprint density at radius 1 is 1.13 bits per heavy atom. The molecule has 0 aromatic heterocycles. The van der Waals surface area contributed by atoms with Crippen molar-refractivity contribution in [3.63, 3.8) is 0 Å². The van der Waals surface area contributed by atoms with Crippen molar-refractivity contribution in [2.24, 2.45) is 0 Å². The minimum absolute atomic E-state index is 0.0439. The maximum Gasteiger partial charge on any atom is 0.237 e. The lowest BCUT2D eigenvalue weighted by Gasteiger charge is -2.29. The number of amides is 1. The number of hydrogen-bond donors (Lipinski definition) is 1. The lowest BCUT2D eigenvalue weighted by molar-refractivity contribution is -0.123. The monoisotopic (exact) mass is 309 g/mol. The first kappa shape index (κ1) is 14.3. The zero-order valence-corrected chi connectivity index (χ0v) is 13.2. The van der Waals surface area contributed by atoms with Crippen LogP contribution >= 0.6 is 0 Å². The summed E-state index contributed by atoms with van der Waals surface area (Å²) in [7, 11) is 0. The summed E-state index contributed by atoms with van der Waals surface area (Å²) in [5, 5.41) is 9.77. The summed E-state index contributed by atoms with van der Waals surface area (Å²) >= 11 is 0. The second-order valence-corrected chi connectivity index (χ2v) is 6.64. The van der Waals surface area contributed by atoms with Gasteiger partial charge in [0, 0.05) is 11.3 Å². The Balaban J connectivity index is 1.89. The van der Waals surface area contributed by atoms with Gasteiger partial charge in [-0.15, -0.1) is 0 Å². The third-order valence-corrected chi connectivity index (χ3v) is 4.92. The van der Waals surface area contributed by atoms with Crippen LogP contribution in [-0.2, 0) is 10.2 Å². The van der Waals surface area contributed by atoms with Crippen LogP contribution in [0.4, 0.5) is 5.69 Å². The first-order chi connectivity index (χ1) is 11.1. The zero-order chi connectivity index (χ0) is 16.2. The van der Waals surface area contributed by atoms with Crippen molar-refractivity contribution in [2.45, 2.75) is 31.4 Å². The Kier molecular flexibility index (Phi) is 3.00. The van der Waals surface area contributed by atoms with Gasteiger partial charge < -0.3 is 9.84 Å². The van der Waals surface area contributed by atoms with Gasteiger partial charge in [0.1, 0.15) is 17.9 Å². The molecule has 2 aliphatic rings. The molecule has 0 fully saturated rings. The molecule has 4 rings (SSSR count). The molecule has 1 amide bonds. The molecule has 2 heterocycles. The highest BCUT2D eigenvalue weighted by Crippen LogP contribution is 2.49. The Morgan fingerprint density at radius 3 is 2.61 bits per heavy atom. The van der Waals surface area contributed by atoms with Crippen molar-refractivity contribution in [1.29, 1.82) is 0 Å². The summed E-state index contributed by atoms with van der Waals surface area (Å²) in [4.78, 5) is 14.9. The number of aliphatic hydroxyl groups excluding tert-OH is 1. The molecule has 0 spiro atoms. The number of carbonyl (C=O) groups is 1. The third-order valence-electron chi connectivity index (χ3n) is 4.92. The van der Waals surface area contributed by atoms with Crippen LogP contribution in [0.15, 0.2) is 48.5 Å². The van der Waals surface area contributed by atoms with Crippen molar-refractivity contribution in [3.8, 4) is 5.75 Å². The molecule has 23 heavy (non-hydrogen) atoms. The summed E-state index contributed by atoms with van der Waals surface area (Å²) in [5.74, 6) is 0.786. The van der Waals surface area contributed by atoms with Gasteiger partial charge in [0.05, 0.1) is 12.0 Å². The number of rotatable bonds is 2. The minimum Gasteiger partial charge on any atom is -0.485 e. The quantitative estimate of drug-likeness (QED) is 0.928. The van der Waals surface area contributed by atoms with Crippen LogP contribution in [-0.4, -0.2) is 23.7 Å². The van der Waals surface area contributed by atoms with E-state index in [9.17, 15) is 9.90 Å². The van der Waals surface area contributed by atoms with Gasteiger partial charge in [-0.1, -0.05) is 36.4 Å². The van der Waals surface area contributed by atoms with Crippen LogP contribution in [0.2, 0.25) is 0 Å². The normalized spacial score (nSPS) is 24.3. The zero-order valence-electron chi connectivity index (χ0n) is 13.2. The molecular formula is C19H19NO3. The number of benzene rings is 2. The SMILES string of the molecule is CC1(C)C(=O)N(C2c3ccccc3OC2CO)c2ccccc21. The second-order valence-electron chi connectivity index (χ2n) is 6.64. The predicted molar refractivity (Wildman–Crippen MR) is 87.6 cm³/mol. The summed E-state index contributed by atoms with van der Waals surface area (Å²) in [5.41, 5.74) is 2.30. The van der Waals surface area contributed by atoms with Crippen LogP contribution in [0.1, 0.15) is 31.0 Å². The maximum absolute atomic E-state index is 13.1. The highest BCUT2D eigenvalue weighted by Gasteiger charge is 2.50. The number of para-hydroxylation sites is 2. The number of nitrogens with zero attached hydrogens (tertiary/aromatic N) is 1. The van der Waals surface area contributed by atoms with Crippen molar-refractivity contribution in [2.75, 3.05) is 11.5 Å². The Bertz CT molecular complexity index is 784. The van der Waals surface area contributed by atoms with E-state index >= 15 is 0 Å². The van der Waals surface area contributed by atoms with E-state index in [1.165, 1.54) is 0 Å². The standard InChI is InChI=1S/C19H19NO3/c1-19(2)13-8-4-5-9-14(13)20(18(19)22)17-12-7-3-6-10-15(12)23-16(17)11-21/h3-10,16-17,21H,11H2,1-2H3. The maximum atomic E-state index is 13.1. The Hall–Kier alpha value is -2.33. The van der Waals surface area contributed by atoms with Crippen LogP contribution in [0.3, 0.4) is 0 Å². The van der Waals surface area contributed by atoms with Gasteiger partial charge in [0.15, 0.2) is 0 Å². The fourth-order valence-corrected chi connectivity index (χ4v) is 3.72. The van der Waals surface area contributed by atoms with Gasteiger partial charge in [0.25, 0.3) is 0 Å². The largest absolute Gasteiger partial charge is 0.485 e. The molecule has 2 unspecified atom stereocenters. The highest BCUT2D eigenvalue weighted by molar-refractivity contribution is 6.08. The molecule has 2 aliphatic heterocycles. The van der Waals surface area contributed by atoms with Gasteiger partial charge in [0.2, 0.25) is 5.91 Å². The molecule has 2 aromatic rings. The number of carbonyl (C=O) groups excluding carboxylic acids is 1. The summed E-state index contributed by atoms with van der Waals surface area (Å²) in [6, 6.07) is 15.3. The minimum atomic E-state index is -0.575. The molecular weight excluding hydrogens is 290 g/mol. The van der Waals surface area contributed by atoms with Gasteiger partial charge in [-0.3, -0.25) is 9.69 Å². The Labute approximate surface area is 135 Å². The van der Waals surface area contributed by atoms with E-state index in [2.05, 4.69) is 0 Å². The fraction of sp³-hybridized carbons (Fsp3) is 0.316.